The van der Waals surface area contributed by atoms with Crippen LogP contribution in [-0.4, -0.2) is 132 Å². The molecule has 3 aliphatic rings. The number of piperidine rings is 2. The van der Waals surface area contributed by atoms with Gasteiger partial charge in [-0.25, -0.2) is 49.5 Å². The number of pyridine rings is 8. The molecule has 0 bridgehead atoms. The van der Waals surface area contributed by atoms with Crippen LogP contribution in [0.15, 0.2) is 129 Å². The minimum Gasteiger partial charge on any atom is -0.444 e. The minimum atomic E-state index is -0.494. The number of nitrogens with one attached hydrogen (secondary N) is 5. The van der Waals surface area contributed by atoms with Crippen molar-refractivity contribution in [3.8, 4) is 0 Å². The third-order valence-electron chi connectivity index (χ3n) is 15.6. The fourth-order valence-electron chi connectivity index (χ4n) is 11.9. The predicted octanol–water partition coefficient (Wildman–Crippen LogP) is 13.7. The van der Waals surface area contributed by atoms with Crippen LogP contribution in [0.2, 0.25) is 5.02 Å². The van der Waals surface area contributed by atoms with E-state index in [0.717, 1.165) is 137 Å². The number of fused-ring (bicyclic) bond motifs is 12. The van der Waals surface area contributed by atoms with Crippen molar-refractivity contribution in [3.63, 3.8) is 0 Å². The number of hydrogen-bond donors (Lipinski definition) is 5. The molecule has 2 unspecified atom stereocenters. The highest BCUT2D eigenvalue weighted by Crippen LogP contribution is 2.37. The standard InChI is InChI=1S/C20H24N4O2.C20H22N4O2.C15H16N4.C10H6ClN3/c2*1-20(2,3)26-19(25)24-10-4-5-13(12-24)14-6-8-21-16-11-23-18-15(17(14)16)7-9-22-18;1-2-10(8-16-5-1)11-3-6-17-13-9-19-15-12(14(11)13)4-7-18-15;11-7-2-4-12-8-5-14-10-6(9(7)8)1-3-13-10/h6-9,11,13,21H,4-5,10,12H2,1-3H3;5-9,11,21H,4,10,12H2,1-3H3;3-4,6-7,9-10,16-17H,1-2,5,8H2;1-5,12H. The lowest BCUT2D eigenvalue weighted by Gasteiger charge is -2.34. The fraction of sp³-hybridized carbons (Fsp3) is 0.323. The van der Waals surface area contributed by atoms with Crippen LogP contribution in [0, 0.1) is 0 Å². The van der Waals surface area contributed by atoms with Crippen LogP contribution in [0.25, 0.3) is 93.3 Å². The lowest BCUT2D eigenvalue weighted by atomic mass is 9.88. The number of halogens is 1. The summed E-state index contributed by atoms with van der Waals surface area (Å²) >= 11 is 6.12. The number of H-pyrrole nitrogens is 4. The molecule has 2 amide bonds. The van der Waals surface area contributed by atoms with Crippen LogP contribution >= 0.6 is 11.6 Å². The van der Waals surface area contributed by atoms with Crippen molar-refractivity contribution >= 4 is 117 Å². The van der Waals surface area contributed by atoms with E-state index in [9.17, 15) is 9.59 Å². The molecule has 12 aromatic rings. The molecular formula is C65H68ClN15O4. The molecule has 12 aromatic heterocycles. The molecule has 0 aliphatic carbocycles. The SMILES string of the molecule is CC(C)(C)OC(=O)N1CCC=C(c2cc[nH]c3cnc4nccc4c23)C1.CC(C)(C)OC(=O)N1CCCC(c2cc[nH]c3cnc4nccc4c23)C1.Clc1cc[nH]c2cnc3nccc3c12.c1cc2c(n1)ncc1[nH]ccc(C3CCCNC3)c12. The number of ether oxygens (including phenoxy) is 2. The molecule has 2 saturated heterocycles. The van der Waals surface area contributed by atoms with Gasteiger partial charge in [-0.05, 0) is 157 Å². The summed E-state index contributed by atoms with van der Waals surface area (Å²) in [7, 11) is 0. The molecule has 5 N–H and O–H groups in total. The number of hydrogen-bond acceptors (Lipinski definition) is 13. The average Bonchev–Trinajstić information content (AvgIpc) is 3.04. The van der Waals surface area contributed by atoms with Crippen molar-refractivity contribution in [1.82, 2.24) is 74.9 Å². The number of aromatic nitrogens is 12. The number of amides is 2. The molecule has 3 aliphatic heterocycles. The van der Waals surface area contributed by atoms with Gasteiger partial charge in [0.05, 0.1) is 51.9 Å². The molecule has 0 saturated carbocycles. The van der Waals surface area contributed by atoms with Crippen molar-refractivity contribution in [3.05, 3.63) is 151 Å². The average molecular weight is 1160 g/mol. The van der Waals surface area contributed by atoms with Crippen LogP contribution in [0.1, 0.15) is 102 Å². The zero-order valence-corrected chi connectivity index (χ0v) is 49.3. The monoisotopic (exact) mass is 1160 g/mol. The second-order valence-corrected chi connectivity index (χ2v) is 24.1. The van der Waals surface area contributed by atoms with Crippen LogP contribution in [0.3, 0.4) is 0 Å². The Morgan fingerprint density at radius 3 is 1.52 bits per heavy atom. The van der Waals surface area contributed by atoms with Crippen LogP contribution < -0.4 is 5.32 Å². The molecule has 2 atom stereocenters. The summed E-state index contributed by atoms with van der Waals surface area (Å²) in [6, 6.07) is 16.2. The third kappa shape index (κ3) is 12.2. The number of carbonyl (C=O) groups excluding carboxylic acids is 2. The van der Waals surface area contributed by atoms with Crippen LogP contribution in [0.5, 0.6) is 0 Å². The lowest BCUT2D eigenvalue weighted by Crippen LogP contribution is -2.42. The molecule has 434 valence electrons. The van der Waals surface area contributed by atoms with Crippen molar-refractivity contribution in [2.45, 2.75) is 96.7 Å². The summed E-state index contributed by atoms with van der Waals surface area (Å²) in [6.45, 7) is 16.2. The number of rotatable bonds is 3. The van der Waals surface area contributed by atoms with E-state index in [4.69, 9.17) is 21.1 Å². The van der Waals surface area contributed by atoms with Gasteiger partial charge in [-0.1, -0.05) is 17.7 Å². The van der Waals surface area contributed by atoms with Gasteiger partial charge in [0, 0.05) is 131 Å². The molecule has 0 spiro atoms. The number of aromatic amines is 4. The van der Waals surface area contributed by atoms with E-state index < -0.39 is 11.2 Å². The first kappa shape index (κ1) is 56.4. The van der Waals surface area contributed by atoms with Gasteiger partial charge in [-0.2, -0.15) is 0 Å². The molecule has 85 heavy (non-hydrogen) atoms. The highest BCUT2D eigenvalue weighted by atomic mass is 35.5. The molecule has 15 rings (SSSR count). The highest BCUT2D eigenvalue weighted by Gasteiger charge is 2.30. The van der Waals surface area contributed by atoms with Gasteiger partial charge in [0.1, 0.15) is 11.2 Å². The van der Waals surface area contributed by atoms with E-state index >= 15 is 0 Å². The maximum Gasteiger partial charge on any atom is 0.410 e. The Kier molecular flexibility index (Phi) is 15.9. The van der Waals surface area contributed by atoms with E-state index in [1.165, 1.54) is 29.4 Å². The smallest absolute Gasteiger partial charge is 0.410 e. The van der Waals surface area contributed by atoms with Crippen molar-refractivity contribution in [2.75, 3.05) is 39.3 Å². The van der Waals surface area contributed by atoms with Gasteiger partial charge < -0.3 is 44.5 Å². The van der Waals surface area contributed by atoms with Crippen LogP contribution in [-0.2, 0) is 9.47 Å². The lowest BCUT2D eigenvalue weighted by molar-refractivity contribution is 0.0197. The van der Waals surface area contributed by atoms with Gasteiger partial charge >= 0.3 is 12.2 Å². The maximum absolute atomic E-state index is 12.5. The molecule has 15 heterocycles. The Morgan fingerprint density at radius 1 is 0.529 bits per heavy atom. The zero-order valence-electron chi connectivity index (χ0n) is 48.5. The Bertz CT molecular complexity index is 4430. The normalized spacial score (nSPS) is 16.7. The molecule has 19 nitrogen and oxygen atoms in total. The topological polar surface area (TPSA) is 237 Å². The second-order valence-electron chi connectivity index (χ2n) is 23.7. The van der Waals surface area contributed by atoms with Gasteiger partial charge in [-0.15, -0.1) is 0 Å². The highest BCUT2D eigenvalue weighted by molar-refractivity contribution is 6.37. The molecule has 0 radical (unpaired) electrons. The number of carbonyl (C=O) groups is 2. The molecule has 0 aromatic carbocycles. The van der Waals surface area contributed by atoms with Crippen molar-refractivity contribution < 1.29 is 19.1 Å². The summed E-state index contributed by atoms with van der Waals surface area (Å²) in [4.78, 5) is 76.0. The summed E-state index contributed by atoms with van der Waals surface area (Å²) in [5.41, 5.74) is 11.0. The van der Waals surface area contributed by atoms with E-state index in [0.29, 0.717) is 25.6 Å². The summed E-state index contributed by atoms with van der Waals surface area (Å²) in [6.07, 6.45) is 29.2. The van der Waals surface area contributed by atoms with Gasteiger partial charge in [-0.3, -0.25) is 0 Å². The Morgan fingerprint density at radius 2 is 0.988 bits per heavy atom. The first-order valence-electron chi connectivity index (χ1n) is 29.0. The molecule has 20 heteroatoms. The molecule has 2 fully saturated rings. The van der Waals surface area contributed by atoms with E-state index in [1.54, 1.807) is 35.9 Å². The number of likely N-dealkylation sites (tertiary alicyclic amines) is 1. The second kappa shape index (κ2) is 23.9. The van der Waals surface area contributed by atoms with Gasteiger partial charge in [0.15, 0.2) is 22.6 Å². The summed E-state index contributed by atoms with van der Waals surface area (Å²) < 4.78 is 11.1. The van der Waals surface area contributed by atoms with Gasteiger partial charge in [0.2, 0.25) is 0 Å². The Hall–Kier alpha value is -9.07. The Balaban J connectivity index is 0.000000114. The van der Waals surface area contributed by atoms with E-state index in [1.807, 2.05) is 114 Å². The summed E-state index contributed by atoms with van der Waals surface area (Å²) in [5.74, 6) is 0.861. The predicted molar refractivity (Wildman–Crippen MR) is 336 cm³/mol. The maximum atomic E-state index is 12.5. The fourth-order valence-corrected chi connectivity index (χ4v) is 12.1. The summed E-state index contributed by atoms with van der Waals surface area (Å²) in [5, 5.41) is 13.0. The van der Waals surface area contributed by atoms with Crippen molar-refractivity contribution in [2.24, 2.45) is 0 Å². The molecular weight excluding hydrogens is 1090 g/mol. The van der Waals surface area contributed by atoms with E-state index in [2.05, 4.69) is 95.5 Å². The van der Waals surface area contributed by atoms with Gasteiger partial charge in [0.25, 0.3) is 0 Å². The first-order valence-corrected chi connectivity index (χ1v) is 29.4. The third-order valence-corrected chi connectivity index (χ3v) is 15.9. The van der Waals surface area contributed by atoms with E-state index in [-0.39, 0.29) is 18.1 Å². The Labute approximate surface area is 495 Å². The van der Waals surface area contributed by atoms with Crippen LogP contribution in [0.4, 0.5) is 9.59 Å². The first-order chi connectivity index (χ1) is 41.1. The number of nitrogens with zero attached hydrogens (tertiary/aromatic N) is 10. The largest absolute Gasteiger partial charge is 0.444 e. The zero-order chi connectivity index (χ0) is 58.8. The quantitative estimate of drug-likeness (QED) is 0.111. The minimum absolute atomic E-state index is 0.226. The van der Waals surface area contributed by atoms with Crippen molar-refractivity contribution in [1.29, 1.82) is 0 Å².